The average Bonchev–Trinajstić information content (AvgIpc) is 3.30. The average molecular weight is 911 g/mol. The number of carbonyl (C=O) groups is 2. The third-order valence-corrected chi connectivity index (χ3v) is 12.6. The van der Waals surface area contributed by atoms with Crippen molar-refractivity contribution in [1.82, 2.24) is 5.32 Å². The van der Waals surface area contributed by atoms with Crippen LogP contribution in [0.2, 0.25) is 0 Å². The van der Waals surface area contributed by atoms with Crippen LogP contribution in [0.1, 0.15) is 278 Å². The number of unbranched alkanes of at least 4 members (excludes halogenated alkanes) is 30. The van der Waals surface area contributed by atoms with E-state index in [1.165, 1.54) is 167 Å². The second-order valence-corrected chi connectivity index (χ2v) is 19.0. The van der Waals surface area contributed by atoms with Crippen LogP contribution in [0.25, 0.3) is 0 Å². The van der Waals surface area contributed by atoms with E-state index in [4.69, 9.17) is 4.74 Å². The number of rotatable bonds is 50. The zero-order valence-electron chi connectivity index (χ0n) is 43.1. The number of carbonyl (C=O) groups excluding carboxylic acids is 2. The van der Waals surface area contributed by atoms with Gasteiger partial charge in [-0.25, -0.2) is 0 Å². The summed E-state index contributed by atoms with van der Waals surface area (Å²) in [4.78, 5) is 26.2. The Balaban J connectivity index is 4.62. The molecule has 6 nitrogen and oxygen atoms in total. The van der Waals surface area contributed by atoms with Crippen LogP contribution >= 0.6 is 0 Å². The van der Waals surface area contributed by atoms with Crippen LogP contribution in [0.3, 0.4) is 0 Å². The van der Waals surface area contributed by atoms with Crippen molar-refractivity contribution in [2.45, 2.75) is 296 Å². The maximum Gasteiger partial charge on any atom is 0.306 e. The van der Waals surface area contributed by atoms with Crippen LogP contribution in [-0.2, 0) is 14.3 Å². The summed E-state index contributed by atoms with van der Waals surface area (Å²) in [5, 5.41) is 23.7. The molecule has 0 aromatic carbocycles. The SMILES string of the molecule is CC/C=C/C/C=C/C/C=C/C/C=C/C/C=C/C(CC(=O)NC(CO)C(O)CCCCCCCCCCCCCCC)OC(=O)CCCCCCCCCCCCCCCCCCCCC. The molecule has 0 aliphatic heterocycles. The Morgan fingerprint density at radius 1 is 0.462 bits per heavy atom. The number of ether oxygens (including phenoxy) is 1. The summed E-state index contributed by atoms with van der Waals surface area (Å²) in [5.74, 6) is -0.618. The molecule has 378 valence electrons. The van der Waals surface area contributed by atoms with E-state index in [2.05, 4.69) is 74.7 Å². The van der Waals surface area contributed by atoms with Crippen molar-refractivity contribution in [2.75, 3.05) is 6.61 Å². The van der Waals surface area contributed by atoms with Gasteiger partial charge >= 0.3 is 5.97 Å². The molecule has 0 aromatic heterocycles. The van der Waals surface area contributed by atoms with Gasteiger partial charge in [0, 0.05) is 6.42 Å². The van der Waals surface area contributed by atoms with E-state index in [-0.39, 0.29) is 24.9 Å². The smallest absolute Gasteiger partial charge is 0.306 e. The molecule has 0 aliphatic carbocycles. The Hall–Kier alpha value is -2.44. The first-order chi connectivity index (χ1) is 32.0. The van der Waals surface area contributed by atoms with Gasteiger partial charge in [-0.05, 0) is 51.0 Å². The van der Waals surface area contributed by atoms with E-state index in [0.717, 1.165) is 64.2 Å². The molecule has 0 spiro atoms. The van der Waals surface area contributed by atoms with Crippen molar-refractivity contribution in [3.8, 4) is 0 Å². The van der Waals surface area contributed by atoms with Gasteiger partial charge in [0.05, 0.1) is 25.2 Å². The number of hydrogen-bond acceptors (Lipinski definition) is 5. The molecule has 0 rings (SSSR count). The first-order valence-electron chi connectivity index (χ1n) is 28.0. The van der Waals surface area contributed by atoms with E-state index in [0.29, 0.717) is 19.3 Å². The lowest BCUT2D eigenvalue weighted by molar-refractivity contribution is -0.148. The minimum atomic E-state index is -0.819. The lowest BCUT2D eigenvalue weighted by atomic mass is 10.0. The Kier molecular flexibility index (Phi) is 50.6. The fourth-order valence-corrected chi connectivity index (χ4v) is 8.39. The summed E-state index contributed by atoms with van der Waals surface area (Å²) >= 11 is 0. The zero-order chi connectivity index (χ0) is 47.4. The lowest BCUT2D eigenvalue weighted by Crippen LogP contribution is -2.46. The van der Waals surface area contributed by atoms with Crippen LogP contribution < -0.4 is 5.32 Å². The maximum absolute atomic E-state index is 13.2. The third kappa shape index (κ3) is 47.8. The Morgan fingerprint density at radius 2 is 0.800 bits per heavy atom. The summed E-state index contributed by atoms with van der Waals surface area (Å²) in [5.41, 5.74) is 0. The molecule has 3 atom stereocenters. The summed E-state index contributed by atoms with van der Waals surface area (Å²) in [6, 6.07) is -0.742. The largest absolute Gasteiger partial charge is 0.458 e. The van der Waals surface area contributed by atoms with E-state index in [1.807, 2.05) is 12.2 Å². The van der Waals surface area contributed by atoms with Crippen molar-refractivity contribution < 1.29 is 24.5 Å². The Morgan fingerprint density at radius 3 is 1.17 bits per heavy atom. The Bertz CT molecular complexity index is 1160. The molecule has 0 heterocycles. The molecule has 0 bridgehead atoms. The van der Waals surface area contributed by atoms with E-state index >= 15 is 0 Å². The van der Waals surface area contributed by atoms with Crippen molar-refractivity contribution in [2.24, 2.45) is 0 Å². The Labute approximate surface area is 403 Å². The summed E-state index contributed by atoms with van der Waals surface area (Å²) in [6.45, 7) is 6.35. The van der Waals surface area contributed by atoms with Gasteiger partial charge in [-0.15, -0.1) is 0 Å². The van der Waals surface area contributed by atoms with Crippen molar-refractivity contribution in [3.05, 3.63) is 60.8 Å². The van der Waals surface area contributed by atoms with Crippen LogP contribution in [-0.4, -0.2) is 46.9 Å². The molecule has 0 saturated heterocycles. The number of amides is 1. The highest BCUT2D eigenvalue weighted by molar-refractivity contribution is 5.78. The normalized spacial score (nSPS) is 13.6. The molecular formula is C59H107NO5. The second-order valence-electron chi connectivity index (χ2n) is 19.0. The van der Waals surface area contributed by atoms with Gasteiger partial charge in [-0.3, -0.25) is 9.59 Å². The van der Waals surface area contributed by atoms with Gasteiger partial charge in [0.2, 0.25) is 5.91 Å². The van der Waals surface area contributed by atoms with Crippen LogP contribution in [0.5, 0.6) is 0 Å². The molecular weight excluding hydrogens is 803 g/mol. The molecule has 0 aromatic rings. The minimum Gasteiger partial charge on any atom is -0.458 e. The fourth-order valence-electron chi connectivity index (χ4n) is 8.39. The number of allylic oxidation sites excluding steroid dienone is 9. The van der Waals surface area contributed by atoms with Crippen molar-refractivity contribution >= 4 is 11.9 Å². The maximum atomic E-state index is 13.2. The predicted octanol–water partition coefficient (Wildman–Crippen LogP) is 17.2. The third-order valence-electron chi connectivity index (χ3n) is 12.6. The topological polar surface area (TPSA) is 95.9 Å². The van der Waals surface area contributed by atoms with E-state index < -0.39 is 18.2 Å². The van der Waals surface area contributed by atoms with Gasteiger partial charge in [0.15, 0.2) is 0 Å². The van der Waals surface area contributed by atoms with Crippen LogP contribution in [0, 0.1) is 0 Å². The molecule has 0 aliphatic rings. The summed E-state index contributed by atoms with van der Waals surface area (Å²) in [6.07, 6.45) is 66.1. The number of nitrogens with one attached hydrogen (secondary N) is 1. The highest BCUT2D eigenvalue weighted by Crippen LogP contribution is 2.17. The van der Waals surface area contributed by atoms with Gasteiger partial charge in [-0.1, -0.05) is 275 Å². The zero-order valence-corrected chi connectivity index (χ0v) is 43.1. The predicted molar refractivity (Wildman–Crippen MR) is 282 cm³/mol. The van der Waals surface area contributed by atoms with Crippen LogP contribution in [0.4, 0.5) is 0 Å². The van der Waals surface area contributed by atoms with Crippen molar-refractivity contribution in [1.29, 1.82) is 0 Å². The quantitative estimate of drug-likeness (QED) is 0.0321. The minimum absolute atomic E-state index is 0.0440. The molecule has 3 N–H and O–H groups in total. The number of esters is 1. The standard InChI is InChI=1S/C59H107NO5/c1-4-7-10-13-16-19-22-25-27-28-29-30-31-34-37-40-43-46-49-52-59(64)65-55(50-47-44-41-38-35-33-26-23-20-17-14-11-8-5-2)53-58(63)60-56(54-61)57(62)51-48-45-42-39-36-32-24-21-18-15-12-9-6-3/h8,11,17,20,26,33,38,41,47,50,55-57,61-62H,4-7,9-10,12-16,18-19,21-25,27-32,34-37,39-40,42-46,48-49,51-54H2,1-3H3,(H,60,63)/b11-8+,20-17+,33-26+,41-38+,50-47+. The molecule has 1 amide bonds. The van der Waals surface area contributed by atoms with Gasteiger partial charge < -0.3 is 20.3 Å². The summed E-state index contributed by atoms with van der Waals surface area (Å²) < 4.78 is 5.84. The van der Waals surface area contributed by atoms with Crippen molar-refractivity contribution in [3.63, 3.8) is 0 Å². The van der Waals surface area contributed by atoms with E-state index in [1.54, 1.807) is 0 Å². The van der Waals surface area contributed by atoms with Crippen LogP contribution in [0.15, 0.2) is 60.8 Å². The van der Waals surface area contributed by atoms with E-state index in [9.17, 15) is 19.8 Å². The highest BCUT2D eigenvalue weighted by atomic mass is 16.5. The number of aliphatic hydroxyl groups excluding tert-OH is 2. The fraction of sp³-hybridized carbons (Fsp3) is 0.797. The lowest BCUT2D eigenvalue weighted by Gasteiger charge is -2.23. The monoisotopic (exact) mass is 910 g/mol. The first-order valence-corrected chi connectivity index (χ1v) is 28.0. The number of aliphatic hydroxyl groups is 2. The molecule has 0 saturated carbocycles. The highest BCUT2D eigenvalue weighted by Gasteiger charge is 2.23. The molecule has 6 heteroatoms. The van der Waals surface area contributed by atoms with Gasteiger partial charge in [0.25, 0.3) is 0 Å². The van der Waals surface area contributed by atoms with Gasteiger partial charge in [0.1, 0.15) is 6.10 Å². The number of hydrogen-bond donors (Lipinski definition) is 3. The first kappa shape index (κ1) is 62.6. The molecule has 0 fully saturated rings. The summed E-state index contributed by atoms with van der Waals surface area (Å²) in [7, 11) is 0. The molecule has 0 radical (unpaired) electrons. The van der Waals surface area contributed by atoms with Gasteiger partial charge in [-0.2, -0.15) is 0 Å². The molecule has 65 heavy (non-hydrogen) atoms. The second kappa shape index (κ2) is 52.5. The molecule has 3 unspecified atom stereocenters.